The smallest absolute Gasteiger partial charge is 0.293 e. The number of nitrogens with zero attached hydrogens (tertiary/aromatic N) is 2. The number of likely N-dealkylation sites (N-methyl/N-ethyl adjacent to an activating group) is 1. The van der Waals surface area contributed by atoms with Crippen LogP contribution >= 0.6 is 0 Å². The average molecular weight is 266 g/mol. The number of hydrogen-bond donors (Lipinski definition) is 0. The van der Waals surface area contributed by atoms with Crippen LogP contribution in [0.2, 0.25) is 0 Å². The van der Waals surface area contributed by atoms with E-state index in [0.29, 0.717) is 17.9 Å². The van der Waals surface area contributed by atoms with E-state index in [1.807, 2.05) is 6.92 Å². The van der Waals surface area contributed by atoms with Crippen LogP contribution in [0.25, 0.3) is 0 Å². The van der Waals surface area contributed by atoms with Crippen LogP contribution in [0.15, 0.2) is 18.2 Å². The summed E-state index contributed by atoms with van der Waals surface area (Å²) in [6.07, 6.45) is 0. The molecule has 6 heteroatoms. The van der Waals surface area contributed by atoms with Crippen LogP contribution in [-0.2, 0) is 4.74 Å². The largest absolute Gasteiger partial charge is 0.383 e. The maximum Gasteiger partial charge on any atom is 0.293 e. The van der Waals surface area contributed by atoms with Crippen molar-refractivity contribution >= 4 is 17.2 Å². The molecule has 19 heavy (non-hydrogen) atoms. The lowest BCUT2D eigenvalue weighted by Crippen LogP contribution is -2.33. The monoisotopic (exact) mass is 266 g/mol. The van der Waals surface area contributed by atoms with Gasteiger partial charge in [0.15, 0.2) is 5.78 Å². The van der Waals surface area contributed by atoms with Crippen LogP contribution < -0.4 is 4.90 Å². The van der Waals surface area contributed by atoms with Gasteiger partial charge in [0.2, 0.25) is 0 Å². The van der Waals surface area contributed by atoms with E-state index in [-0.39, 0.29) is 17.5 Å². The lowest BCUT2D eigenvalue weighted by atomic mass is 10.1. The van der Waals surface area contributed by atoms with Crippen molar-refractivity contribution in [2.24, 2.45) is 0 Å². The molecular weight excluding hydrogens is 248 g/mol. The molecule has 0 amide bonds. The first-order valence-electron chi connectivity index (χ1n) is 5.89. The molecule has 0 saturated carbocycles. The number of carbonyl (C=O) groups excluding carboxylic acids is 1. The van der Waals surface area contributed by atoms with Gasteiger partial charge in [-0.15, -0.1) is 0 Å². The first kappa shape index (κ1) is 15.1. The third kappa shape index (κ3) is 3.51. The van der Waals surface area contributed by atoms with Crippen LogP contribution in [0.5, 0.6) is 0 Å². The highest BCUT2D eigenvalue weighted by atomic mass is 16.6. The molecule has 0 bridgehead atoms. The molecule has 0 aliphatic carbocycles. The Labute approximate surface area is 112 Å². The number of methoxy groups -OCH3 is 1. The van der Waals surface area contributed by atoms with Gasteiger partial charge in [0.05, 0.1) is 11.5 Å². The fraction of sp³-hybridized carbons (Fsp3) is 0.462. The molecule has 1 unspecified atom stereocenters. The van der Waals surface area contributed by atoms with Gasteiger partial charge in [-0.2, -0.15) is 0 Å². The number of benzene rings is 1. The Hall–Kier alpha value is -1.95. The molecule has 0 radical (unpaired) electrons. The predicted octanol–water partition coefficient (Wildman–Crippen LogP) is 2.27. The summed E-state index contributed by atoms with van der Waals surface area (Å²) in [5, 5.41) is 11.1. The van der Waals surface area contributed by atoms with E-state index in [9.17, 15) is 14.9 Å². The lowest BCUT2D eigenvalue weighted by Gasteiger charge is -2.26. The maximum atomic E-state index is 11.3. The Balaban J connectivity index is 3.20. The first-order chi connectivity index (χ1) is 8.88. The van der Waals surface area contributed by atoms with Gasteiger partial charge in [0, 0.05) is 31.8 Å². The number of ether oxygens (including phenoxy) is 1. The van der Waals surface area contributed by atoms with E-state index in [2.05, 4.69) is 0 Å². The van der Waals surface area contributed by atoms with Crippen molar-refractivity contribution in [2.75, 3.05) is 25.7 Å². The lowest BCUT2D eigenvalue weighted by molar-refractivity contribution is -0.384. The zero-order chi connectivity index (χ0) is 14.6. The molecule has 1 rings (SSSR count). The summed E-state index contributed by atoms with van der Waals surface area (Å²) in [6, 6.07) is 4.50. The number of anilines is 1. The van der Waals surface area contributed by atoms with E-state index in [4.69, 9.17) is 4.74 Å². The van der Waals surface area contributed by atoms with Crippen LogP contribution in [-0.4, -0.2) is 37.5 Å². The van der Waals surface area contributed by atoms with E-state index in [1.165, 1.54) is 13.0 Å². The van der Waals surface area contributed by atoms with Gasteiger partial charge in [-0.25, -0.2) is 0 Å². The summed E-state index contributed by atoms with van der Waals surface area (Å²) in [5.41, 5.74) is 0.737. The molecule has 104 valence electrons. The standard InChI is InChI=1S/C13H18N2O4/c1-9(8-19-4)14(3)12-6-5-11(10(2)16)7-13(12)15(17)18/h5-7,9H,8H2,1-4H3. The van der Waals surface area contributed by atoms with E-state index < -0.39 is 4.92 Å². The molecule has 0 heterocycles. The minimum Gasteiger partial charge on any atom is -0.383 e. The van der Waals surface area contributed by atoms with Crippen molar-refractivity contribution in [3.8, 4) is 0 Å². The molecule has 0 spiro atoms. The molecular formula is C13H18N2O4. The van der Waals surface area contributed by atoms with Gasteiger partial charge in [-0.1, -0.05) is 0 Å². The highest BCUT2D eigenvalue weighted by Gasteiger charge is 2.21. The van der Waals surface area contributed by atoms with Gasteiger partial charge in [0.25, 0.3) is 5.69 Å². The van der Waals surface area contributed by atoms with Crippen LogP contribution in [0.3, 0.4) is 0 Å². The molecule has 1 atom stereocenters. The molecule has 1 aromatic carbocycles. The predicted molar refractivity (Wildman–Crippen MR) is 72.8 cm³/mol. The fourth-order valence-corrected chi connectivity index (χ4v) is 1.78. The normalized spacial score (nSPS) is 12.0. The maximum absolute atomic E-state index is 11.3. The van der Waals surface area contributed by atoms with Gasteiger partial charge in [0.1, 0.15) is 5.69 Å². The first-order valence-corrected chi connectivity index (χ1v) is 5.89. The fourth-order valence-electron chi connectivity index (χ4n) is 1.78. The second-order valence-corrected chi connectivity index (χ2v) is 4.43. The molecule has 0 fully saturated rings. The molecule has 0 aliphatic rings. The van der Waals surface area contributed by atoms with Gasteiger partial charge in [-0.3, -0.25) is 14.9 Å². The minimum atomic E-state index is -0.474. The van der Waals surface area contributed by atoms with E-state index in [0.717, 1.165) is 0 Å². The van der Waals surface area contributed by atoms with Crippen molar-refractivity contribution in [2.45, 2.75) is 19.9 Å². The van der Waals surface area contributed by atoms with Crippen molar-refractivity contribution < 1.29 is 14.5 Å². The highest BCUT2D eigenvalue weighted by molar-refractivity contribution is 5.95. The van der Waals surface area contributed by atoms with Crippen molar-refractivity contribution in [1.82, 2.24) is 0 Å². The Bertz CT molecular complexity index is 488. The summed E-state index contributed by atoms with van der Waals surface area (Å²) in [7, 11) is 3.34. The zero-order valence-corrected chi connectivity index (χ0v) is 11.5. The third-order valence-electron chi connectivity index (χ3n) is 3.03. The Morgan fingerprint density at radius 2 is 2.16 bits per heavy atom. The third-order valence-corrected chi connectivity index (χ3v) is 3.03. The van der Waals surface area contributed by atoms with Crippen molar-refractivity contribution in [1.29, 1.82) is 0 Å². The van der Waals surface area contributed by atoms with Crippen LogP contribution in [0, 0.1) is 10.1 Å². The summed E-state index contributed by atoms with van der Waals surface area (Å²) in [4.78, 5) is 23.7. The molecule has 1 aromatic rings. The second kappa shape index (κ2) is 6.29. The SMILES string of the molecule is COCC(C)N(C)c1ccc(C(C)=O)cc1[N+](=O)[O-]. The quantitative estimate of drug-likeness (QED) is 0.448. The topological polar surface area (TPSA) is 72.7 Å². The second-order valence-electron chi connectivity index (χ2n) is 4.43. The van der Waals surface area contributed by atoms with Gasteiger partial charge in [-0.05, 0) is 26.0 Å². The zero-order valence-electron chi connectivity index (χ0n) is 11.5. The van der Waals surface area contributed by atoms with Gasteiger partial charge < -0.3 is 9.64 Å². The molecule has 0 saturated heterocycles. The molecule has 0 aliphatic heterocycles. The summed E-state index contributed by atoms with van der Waals surface area (Å²) < 4.78 is 5.04. The summed E-state index contributed by atoms with van der Waals surface area (Å²) >= 11 is 0. The Morgan fingerprint density at radius 1 is 1.53 bits per heavy atom. The van der Waals surface area contributed by atoms with Crippen molar-refractivity contribution in [3.63, 3.8) is 0 Å². The number of carbonyl (C=O) groups is 1. The number of hydrogen-bond acceptors (Lipinski definition) is 5. The minimum absolute atomic E-state index is 0.00752. The molecule has 0 N–H and O–H groups in total. The van der Waals surface area contributed by atoms with Gasteiger partial charge >= 0.3 is 0 Å². The molecule has 0 aromatic heterocycles. The summed E-state index contributed by atoms with van der Waals surface area (Å²) in [6.45, 7) is 3.75. The molecule has 6 nitrogen and oxygen atoms in total. The van der Waals surface area contributed by atoms with Crippen LogP contribution in [0.4, 0.5) is 11.4 Å². The number of ketones is 1. The summed E-state index contributed by atoms with van der Waals surface area (Å²) in [5.74, 6) is -0.192. The van der Waals surface area contributed by atoms with Crippen molar-refractivity contribution in [3.05, 3.63) is 33.9 Å². The van der Waals surface area contributed by atoms with Crippen LogP contribution in [0.1, 0.15) is 24.2 Å². The van der Waals surface area contributed by atoms with E-state index >= 15 is 0 Å². The number of nitro groups is 1. The number of nitro benzene ring substituents is 1. The Kier molecular flexibility index (Phi) is 5.00. The highest BCUT2D eigenvalue weighted by Crippen LogP contribution is 2.29. The average Bonchev–Trinajstić information content (AvgIpc) is 2.37. The van der Waals surface area contributed by atoms with E-state index in [1.54, 1.807) is 31.2 Å². The number of Topliss-reactive ketones (excluding diaryl/α,β-unsaturated/α-hetero) is 1. The number of rotatable bonds is 6. The Morgan fingerprint density at radius 3 is 2.63 bits per heavy atom.